The van der Waals surface area contributed by atoms with E-state index >= 15 is 0 Å². The number of carbonyl (C=O) groups excluding carboxylic acids is 9. The number of phenols is 1. The van der Waals surface area contributed by atoms with Crippen LogP contribution in [0, 0.1) is 11.8 Å². The van der Waals surface area contributed by atoms with Crippen molar-refractivity contribution in [2.24, 2.45) is 23.3 Å². The number of benzene rings is 2. The zero-order valence-electron chi connectivity index (χ0n) is 45.7. The monoisotopic (exact) mass is 1140 g/mol. The van der Waals surface area contributed by atoms with Crippen LogP contribution in [0.3, 0.4) is 0 Å². The summed E-state index contributed by atoms with van der Waals surface area (Å²) in [6.45, 7) is 4.94. The van der Waals surface area contributed by atoms with Crippen LogP contribution in [-0.4, -0.2) is 170 Å². The molecule has 0 aliphatic carbocycles. The number of rotatable bonds is 36. The van der Waals surface area contributed by atoms with Crippen molar-refractivity contribution in [3.8, 4) is 5.75 Å². The van der Waals surface area contributed by atoms with Crippen LogP contribution in [0.1, 0.15) is 83.0 Å². The first-order valence-corrected chi connectivity index (χ1v) is 26.4. The second-order valence-corrected chi connectivity index (χ2v) is 19.6. The fourth-order valence-corrected chi connectivity index (χ4v) is 8.04. The maximum atomic E-state index is 14.6. The van der Waals surface area contributed by atoms with E-state index in [9.17, 15) is 73.2 Å². The molecule has 0 spiro atoms. The lowest BCUT2D eigenvalue weighted by Gasteiger charge is -2.30. The Morgan fingerprint density at radius 3 is 1.65 bits per heavy atom. The number of aromatic nitrogens is 2. The summed E-state index contributed by atoms with van der Waals surface area (Å²) in [5.74, 6) is -12.0. The van der Waals surface area contributed by atoms with Gasteiger partial charge < -0.3 is 84.7 Å². The predicted octanol–water partition coefficient (Wildman–Crippen LogP) is -3.13. The molecule has 9 atom stereocenters. The summed E-state index contributed by atoms with van der Waals surface area (Å²) in [5.41, 5.74) is 12.2. The number of H-pyrrole nitrogens is 1. The molecule has 3 aromatic rings. The lowest BCUT2D eigenvalue weighted by Crippen LogP contribution is -2.62. The third-order valence-electron chi connectivity index (χ3n) is 12.9. The second kappa shape index (κ2) is 34.5. The van der Waals surface area contributed by atoms with Crippen molar-refractivity contribution >= 4 is 65.1 Å². The molecular formula is C53H77N13O15. The Morgan fingerprint density at radius 1 is 0.580 bits per heavy atom. The Bertz CT molecular complexity index is 2570. The third-order valence-corrected chi connectivity index (χ3v) is 12.9. The first-order chi connectivity index (χ1) is 38.5. The number of aliphatic hydroxyl groups is 1. The van der Waals surface area contributed by atoms with E-state index in [1.165, 1.54) is 36.8 Å². The molecule has 0 fully saturated rings. The van der Waals surface area contributed by atoms with Crippen molar-refractivity contribution in [3.63, 3.8) is 0 Å². The number of aliphatic hydroxyl groups excluding tert-OH is 1. The predicted molar refractivity (Wildman–Crippen MR) is 291 cm³/mol. The normalized spacial score (nSPS) is 14.4. The number of carboxylic acid groups (broad SMARTS) is 2. The average Bonchev–Trinajstić information content (AvgIpc) is 3.96. The molecule has 0 saturated heterocycles. The van der Waals surface area contributed by atoms with Crippen molar-refractivity contribution in [2.75, 3.05) is 26.2 Å². The van der Waals surface area contributed by atoms with Gasteiger partial charge in [-0.25, -0.2) is 9.78 Å². The average molecular weight is 1140 g/mol. The van der Waals surface area contributed by atoms with E-state index in [0.29, 0.717) is 42.6 Å². The highest BCUT2D eigenvalue weighted by Gasteiger charge is 2.36. The molecule has 0 bridgehead atoms. The van der Waals surface area contributed by atoms with Crippen LogP contribution in [0.15, 0.2) is 67.1 Å². The number of nitrogens with two attached hydrogens (primary N) is 2. The highest BCUT2D eigenvalue weighted by Crippen LogP contribution is 2.15. The van der Waals surface area contributed by atoms with Crippen LogP contribution in [-0.2, 0) is 72.0 Å². The van der Waals surface area contributed by atoms with Gasteiger partial charge in [0.25, 0.3) is 0 Å². The van der Waals surface area contributed by atoms with E-state index in [2.05, 4.69) is 57.8 Å². The number of phenolic OH excluding ortho intramolecular Hbond substituents is 1. The smallest absolute Gasteiger partial charge is 0.326 e. The van der Waals surface area contributed by atoms with Crippen molar-refractivity contribution in [1.82, 2.24) is 57.8 Å². The lowest BCUT2D eigenvalue weighted by molar-refractivity contribution is -0.142. The Morgan fingerprint density at radius 2 is 1.12 bits per heavy atom. The topological polar surface area (TPSA) is 458 Å². The molecule has 18 N–H and O–H groups in total. The van der Waals surface area contributed by atoms with E-state index in [0.717, 1.165) is 0 Å². The van der Waals surface area contributed by atoms with Gasteiger partial charge in [-0.3, -0.25) is 47.9 Å². The first kappa shape index (κ1) is 66.8. The molecule has 2 aromatic carbocycles. The molecule has 81 heavy (non-hydrogen) atoms. The molecular weight excluding hydrogens is 1060 g/mol. The van der Waals surface area contributed by atoms with Gasteiger partial charge in [-0.1, -0.05) is 76.6 Å². The summed E-state index contributed by atoms with van der Waals surface area (Å²) in [6, 6.07) is 2.21. The van der Waals surface area contributed by atoms with Crippen molar-refractivity contribution < 1.29 is 73.2 Å². The molecule has 0 saturated carbocycles. The molecule has 0 unspecified atom stereocenters. The summed E-state index contributed by atoms with van der Waals surface area (Å²) in [5, 5.41) is 62.0. The minimum Gasteiger partial charge on any atom is -0.508 e. The second-order valence-electron chi connectivity index (χ2n) is 19.6. The van der Waals surface area contributed by atoms with Gasteiger partial charge >= 0.3 is 11.9 Å². The number of carboxylic acids is 2. The number of unbranched alkanes of at least 4 members (excludes halogenated alkanes) is 1. The zero-order chi connectivity index (χ0) is 60.2. The van der Waals surface area contributed by atoms with Crippen LogP contribution < -0.4 is 59.3 Å². The summed E-state index contributed by atoms with van der Waals surface area (Å²) in [4.78, 5) is 154. The summed E-state index contributed by atoms with van der Waals surface area (Å²) < 4.78 is 0. The van der Waals surface area contributed by atoms with Gasteiger partial charge in [-0.2, -0.15) is 0 Å². The van der Waals surface area contributed by atoms with Gasteiger partial charge in [0.2, 0.25) is 53.2 Å². The Labute approximate surface area is 467 Å². The molecule has 444 valence electrons. The maximum absolute atomic E-state index is 14.6. The standard InChI is InChI=1S/C53H77N13O15/c1-5-30(4)45(66-51(78)44(29(2)3)65-41(69)24-55)52(79)63-38(21-31-11-7-6-8-12-31)49(76)61-37(22-32-14-16-34(68)17-15-32)48(75)60-35(18-19-43(71)72)47(74)64-40(27-67)50(77)62-39(23-33-25-56-28-58-33)46(73)57-26-42(70)59-36(53(80)81)13-9-10-20-54/h6-8,11-12,14-17,25,28-30,35-40,44-45,67-68H,5,9-10,13,18-24,26-27,54-55H2,1-4H3,(H,56,58)(H,57,73)(H,59,70)(H,60,75)(H,61,76)(H,62,77)(H,63,79)(H,64,74)(H,65,69)(H,66,78)(H,71,72)(H,80,81)/t30-,35-,36-,37-,38-,39-,40-,44-,45-/m0/s1. The van der Waals surface area contributed by atoms with E-state index in [4.69, 9.17) is 11.5 Å². The van der Waals surface area contributed by atoms with E-state index in [1.54, 1.807) is 58.0 Å². The van der Waals surface area contributed by atoms with Gasteiger partial charge in [0.05, 0.1) is 26.0 Å². The van der Waals surface area contributed by atoms with Gasteiger partial charge in [-0.15, -0.1) is 0 Å². The molecule has 28 heteroatoms. The van der Waals surface area contributed by atoms with Crippen LogP contribution >= 0.6 is 0 Å². The first-order valence-electron chi connectivity index (χ1n) is 26.4. The molecule has 28 nitrogen and oxygen atoms in total. The zero-order valence-corrected chi connectivity index (χ0v) is 45.7. The summed E-state index contributed by atoms with van der Waals surface area (Å²) in [7, 11) is 0. The van der Waals surface area contributed by atoms with E-state index < -0.39 is 158 Å². The highest BCUT2D eigenvalue weighted by atomic mass is 16.4. The quantitative estimate of drug-likeness (QED) is 0.0256. The van der Waals surface area contributed by atoms with E-state index in [-0.39, 0.29) is 31.4 Å². The Kier molecular flexibility index (Phi) is 28.4. The molecule has 0 radical (unpaired) electrons. The van der Waals surface area contributed by atoms with Gasteiger partial charge in [-0.05, 0) is 67.3 Å². The molecule has 0 aliphatic rings. The number of hydrogen-bond donors (Lipinski definition) is 16. The number of aliphatic carboxylic acids is 2. The van der Waals surface area contributed by atoms with Crippen molar-refractivity contribution in [1.29, 1.82) is 0 Å². The number of aromatic hydroxyl groups is 1. The maximum Gasteiger partial charge on any atom is 0.326 e. The number of carbonyl (C=O) groups is 11. The molecule has 1 heterocycles. The minimum atomic E-state index is -1.85. The minimum absolute atomic E-state index is 0.0678. The number of hydrogen-bond acceptors (Lipinski definition) is 16. The van der Waals surface area contributed by atoms with E-state index in [1.807, 2.05) is 0 Å². The Hall–Kier alpha value is -8.50. The van der Waals surface area contributed by atoms with Crippen molar-refractivity contribution in [3.05, 3.63) is 83.9 Å². The highest BCUT2D eigenvalue weighted by molar-refractivity contribution is 5.98. The van der Waals surface area contributed by atoms with Crippen LogP contribution in [0.5, 0.6) is 5.75 Å². The number of amides is 9. The fraction of sp³-hybridized carbons (Fsp3) is 0.509. The van der Waals surface area contributed by atoms with Crippen LogP contribution in [0.25, 0.3) is 0 Å². The number of nitrogens with one attached hydrogen (secondary N) is 10. The number of aromatic amines is 1. The molecule has 0 aliphatic heterocycles. The molecule has 9 amide bonds. The van der Waals surface area contributed by atoms with Crippen LogP contribution in [0.2, 0.25) is 0 Å². The van der Waals surface area contributed by atoms with Crippen LogP contribution in [0.4, 0.5) is 0 Å². The van der Waals surface area contributed by atoms with Crippen molar-refractivity contribution in [2.45, 2.75) is 134 Å². The SMILES string of the molecule is CC[C@H](C)[C@H](NC(=O)[C@@H](NC(=O)CN)C(C)C)C(=O)N[C@@H](Cc1ccccc1)C(=O)N[C@@H](Cc1ccc(O)cc1)C(=O)N[C@@H](CCC(=O)O)C(=O)N[C@@H](CO)C(=O)N[C@@H](Cc1cnc[nH]1)C(=O)NCC(=O)N[C@@H](CCCCN)C(=O)O. The van der Waals surface area contributed by atoms with Gasteiger partial charge in [0, 0.05) is 37.6 Å². The summed E-state index contributed by atoms with van der Waals surface area (Å²) in [6.07, 6.45) is 1.92. The largest absolute Gasteiger partial charge is 0.508 e. The third kappa shape index (κ3) is 23.4. The number of imidazole rings is 1. The fourth-order valence-electron chi connectivity index (χ4n) is 8.04. The Balaban J connectivity index is 1.93. The molecule has 1 aromatic heterocycles. The summed E-state index contributed by atoms with van der Waals surface area (Å²) >= 11 is 0. The van der Waals surface area contributed by atoms with Gasteiger partial charge in [0.1, 0.15) is 54.1 Å². The lowest BCUT2D eigenvalue weighted by atomic mass is 9.95. The molecule has 3 rings (SSSR count). The number of nitrogens with zero attached hydrogens (tertiary/aromatic N) is 1. The van der Waals surface area contributed by atoms with Gasteiger partial charge in [0.15, 0.2) is 0 Å².